The molecule has 0 unspecified atom stereocenters. The highest BCUT2D eigenvalue weighted by Crippen LogP contribution is 2.17. The van der Waals surface area contributed by atoms with Crippen molar-refractivity contribution in [1.29, 1.82) is 0 Å². The van der Waals surface area contributed by atoms with E-state index in [1.807, 2.05) is 6.92 Å². The van der Waals surface area contributed by atoms with Gasteiger partial charge in [0.15, 0.2) is 0 Å². The van der Waals surface area contributed by atoms with Crippen LogP contribution in [-0.2, 0) is 4.79 Å². The van der Waals surface area contributed by atoms with Gasteiger partial charge < -0.3 is 5.32 Å². The van der Waals surface area contributed by atoms with Crippen molar-refractivity contribution in [2.45, 2.75) is 46.0 Å². The number of aliphatic imine (C=N–C) groups is 1. The first-order valence-corrected chi connectivity index (χ1v) is 6.18. The van der Waals surface area contributed by atoms with Gasteiger partial charge in [-0.3, -0.25) is 9.79 Å². The fourth-order valence-corrected chi connectivity index (χ4v) is 1.58. The summed E-state index contributed by atoms with van der Waals surface area (Å²) in [7, 11) is 1.68. The second-order valence-electron chi connectivity index (χ2n) is 4.10. The van der Waals surface area contributed by atoms with Crippen LogP contribution in [0.2, 0.25) is 0 Å². The molecule has 0 radical (unpaired) electrons. The average Bonchev–Trinajstić information content (AvgIpc) is 2.33. The van der Waals surface area contributed by atoms with Crippen LogP contribution in [0.5, 0.6) is 0 Å². The summed E-state index contributed by atoms with van der Waals surface area (Å²) in [5, 5.41) is 2.65. The highest BCUT2D eigenvalue weighted by molar-refractivity contribution is 5.83. The number of hydrogen-bond donors (Lipinski definition) is 1. The van der Waals surface area contributed by atoms with Crippen LogP contribution in [0.1, 0.15) is 46.0 Å². The van der Waals surface area contributed by atoms with Crippen molar-refractivity contribution in [2.24, 2.45) is 4.99 Å². The Balaban J connectivity index is 4.40. The van der Waals surface area contributed by atoms with Gasteiger partial charge in [-0.1, -0.05) is 38.3 Å². The molecule has 17 heavy (non-hydrogen) atoms. The van der Waals surface area contributed by atoms with Crippen molar-refractivity contribution in [3.63, 3.8) is 0 Å². The summed E-state index contributed by atoms with van der Waals surface area (Å²) in [6.45, 7) is 8.23. The number of amides is 1. The molecule has 0 aliphatic carbocycles. The standard InChI is InChI=1S/C14H24N2O/c1-5-6-7-8-9-12(2)13(3)14(10-15-4)16-11-17/h10-11H,2,5-9H2,1,3-4H3,(H,16,17)/b14-13+,15-10-. The first kappa shape index (κ1) is 15.6. The minimum Gasteiger partial charge on any atom is -0.327 e. The first-order valence-electron chi connectivity index (χ1n) is 6.18. The minimum absolute atomic E-state index is 0.672. The molecule has 96 valence electrons. The van der Waals surface area contributed by atoms with Gasteiger partial charge in [-0.25, -0.2) is 0 Å². The highest BCUT2D eigenvalue weighted by atomic mass is 16.1. The van der Waals surface area contributed by atoms with E-state index in [4.69, 9.17) is 0 Å². The van der Waals surface area contributed by atoms with Gasteiger partial charge in [0.05, 0.1) is 5.70 Å². The summed E-state index contributed by atoms with van der Waals surface area (Å²) >= 11 is 0. The Morgan fingerprint density at radius 3 is 2.59 bits per heavy atom. The maximum atomic E-state index is 10.5. The summed E-state index contributed by atoms with van der Waals surface area (Å²) in [4.78, 5) is 14.4. The Morgan fingerprint density at radius 2 is 2.06 bits per heavy atom. The number of rotatable bonds is 9. The molecule has 0 aromatic heterocycles. The lowest BCUT2D eigenvalue weighted by molar-refractivity contribution is -0.108. The number of nitrogens with zero attached hydrogens (tertiary/aromatic N) is 1. The number of unbranched alkanes of at least 4 members (excludes halogenated alkanes) is 3. The molecule has 0 bridgehead atoms. The van der Waals surface area contributed by atoms with Gasteiger partial charge in [0.1, 0.15) is 0 Å². The highest BCUT2D eigenvalue weighted by Gasteiger charge is 2.03. The predicted octanol–water partition coefficient (Wildman–Crippen LogP) is 3.23. The molecule has 0 fully saturated rings. The van der Waals surface area contributed by atoms with Crippen molar-refractivity contribution in [2.75, 3.05) is 7.05 Å². The van der Waals surface area contributed by atoms with Crippen LogP contribution < -0.4 is 5.32 Å². The monoisotopic (exact) mass is 236 g/mol. The zero-order chi connectivity index (χ0) is 13.1. The van der Waals surface area contributed by atoms with Gasteiger partial charge in [-0.2, -0.15) is 0 Å². The summed E-state index contributed by atoms with van der Waals surface area (Å²) < 4.78 is 0. The van der Waals surface area contributed by atoms with E-state index in [1.165, 1.54) is 19.3 Å². The Labute approximate surface area is 105 Å². The number of hydrogen-bond acceptors (Lipinski definition) is 2. The van der Waals surface area contributed by atoms with E-state index in [2.05, 4.69) is 23.8 Å². The molecule has 0 rings (SSSR count). The summed E-state index contributed by atoms with van der Waals surface area (Å²) in [6, 6.07) is 0. The van der Waals surface area contributed by atoms with E-state index in [-0.39, 0.29) is 0 Å². The van der Waals surface area contributed by atoms with Gasteiger partial charge in [0, 0.05) is 13.3 Å². The van der Waals surface area contributed by atoms with E-state index in [0.717, 1.165) is 29.7 Å². The van der Waals surface area contributed by atoms with Crippen LogP contribution in [0.15, 0.2) is 28.4 Å². The maximum absolute atomic E-state index is 10.5. The van der Waals surface area contributed by atoms with Crippen molar-refractivity contribution in [3.05, 3.63) is 23.4 Å². The summed E-state index contributed by atoms with van der Waals surface area (Å²) in [5.74, 6) is 0. The van der Waals surface area contributed by atoms with Crippen LogP contribution in [-0.4, -0.2) is 19.7 Å². The zero-order valence-corrected chi connectivity index (χ0v) is 11.3. The fourth-order valence-electron chi connectivity index (χ4n) is 1.58. The number of nitrogens with one attached hydrogen (secondary N) is 1. The molecule has 0 aromatic rings. The molecular formula is C14H24N2O. The van der Waals surface area contributed by atoms with Crippen molar-refractivity contribution < 1.29 is 4.79 Å². The van der Waals surface area contributed by atoms with Gasteiger partial charge in [-0.05, 0) is 25.3 Å². The summed E-state index contributed by atoms with van der Waals surface area (Å²) in [6.07, 6.45) is 8.20. The third kappa shape index (κ3) is 6.72. The average molecular weight is 236 g/mol. The molecule has 0 saturated heterocycles. The topological polar surface area (TPSA) is 41.5 Å². The lowest BCUT2D eigenvalue weighted by Gasteiger charge is -2.10. The molecule has 0 saturated carbocycles. The van der Waals surface area contributed by atoms with E-state index >= 15 is 0 Å². The second kappa shape index (κ2) is 9.82. The molecule has 3 nitrogen and oxygen atoms in total. The van der Waals surface area contributed by atoms with E-state index in [9.17, 15) is 4.79 Å². The first-order chi connectivity index (χ1) is 8.17. The third-order valence-corrected chi connectivity index (χ3v) is 2.74. The number of carbonyl (C=O) groups excluding carboxylic acids is 1. The van der Waals surface area contributed by atoms with Gasteiger partial charge in [0.25, 0.3) is 0 Å². The largest absolute Gasteiger partial charge is 0.327 e. The van der Waals surface area contributed by atoms with Gasteiger partial charge in [0.2, 0.25) is 6.41 Å². The third-order valence-electron chi connectivity index (χ3n) is 2.74. The van der Waals surface area contributed by atoms with Crippen molar-refractivity contribution in [3.8, 4) is 0 Å². The molecule has 0 aliphatic heterocycles. The molecule has 0 heterocycles. The van der Waals surface area contributed by atoms with Crippen LogP contribution in [0.3, 0.4) is 0 Å². The Kier molecular flexibility index (Phi) is 9.02. The van der Waals surface area contributed by atoms with Crippen molar-refractivity contribution in [1.82, 2.24) is 5.32 Å². The molecule has 1 amide bonds. The molecule has 0 aliphatic rings. The lowest BCUT2D eigenvalue weighted by Crippen LogP contribution is -2.14. The van der Waals surface area contributed by atoms with Crippen molar-refractivity contribution >= 4 is 12.6 Å². The minimum atomic E-state index is 0.672. The van der Waals surface area contributed by atoms with E-state index in [0.29, 0.717) is 6.41 Å². The van der Waals surface area contributed by atoms with Crippen LogP contribution in [0, 0.1) is 0 Å². The van der Waals surface area contributed by atoms with Gasteiger partial charge >= 0.3 is 0 Å². The predicted molar refractivity (Wildman–Crippen MR) is 74.2 cm³/mol. The molecule has 3 heteroatoms. The van der Waals surface area contributed by atoms with Crippen LogP contribution in [0.25, 0.3) is 0 Å². The van der Waals surface area contributed by atoms with Crippen LogP contribution in [0.4, 0.5) is 0 Å². The Hall–Kier alpha value is -1.38. The summed E-state index contributed by atoms with van der Waals surface area (Å²) in [5.41, 5.74) is 2.83. The van der Waals surface area contributed by atoms with E-state index in [1.54, 1.807) is 13.3 Å². The molecular weight excluding hydrogens is 212 g/mol. The quantitative estimate of drug-likeness (QED) is 0.284. The number of carbonyl (C=O) groups is 1. The molecule has 0 spiro atoms. The van der Waals surface area contributed by atoms with E-state index < -0.39 is 0 Å². The lowest BCUT2D eigenvalue weighted by atomic mass is 10.0. The van der Waals surface area contributed by atoms with Crippen LogP contribution >= 0.6 is 0 Å². The molecule has 1 N–H and O–H groups in total. The Bertz CT molecular complexity index is 303. The molecule has 0 aromatic carbocycles. The normalized spacial score (nSPS) is 12.4. The van der Waals surface area contributed by atoms with Gasteiger partial charge in [-0.15, -0.1) is 0 Å². The fraction of sp³-hybridized carbons (Fsp3) is 0.571. The number of allylic oxidation sites excluding steroid dienone is 3. The zero-order valence-electron chi connectivity index (χ0n) is 11.3. The Morgan fingerprint density at radius 1 is 1.35 bits per heavy atom. The SMILES string of the molecule is C=C(CCCCCC)/C(C)=C(\C=N/C)NC=O. The smallest absolute Gasteiger partial charge is 0.211 e. The second-order valence-corrected chi connectivity index (χ2v) is 4.10. The maximum Gasteiger partial charge on any atom is 0.211 e. The molecule has 0 atom stereocenters.